The van der Waals surface area contributed by atoms with E-state index in [4.69, 9.17) is 4.74 Å². The summed E-state index contributed by atoms with van der Waals surface area (Å²) in [4.78, 5) is 1.53. The third-order valence-corrected chi connectivity index (χ3v) is 6.67. The molecule has 1 aliphatic carbocycles. The number of rotatable bonds is 7. The van der Waals surface area contributed by atoms with Crippen LogP contribution in [0.25, 0.3) is 0 Å². The fraction of sp³-hybridized carbons (Fsp3) is 0.632. The number of ether oxygens (including phenoxy) is 1. The second kappa shape index (κ2) is 7.48. The van der Waals surface area contributed by atoms with E-state index in [0.29, 0.717) is 6.04 Å². The molecule has 2 aliphatic rings. The minimum Gasteiger partial charge on any atom is -0.381 e. The highest BCUT2D eigenvalue weighted by molar-refractivity contribution is 7.10. The Kier molecular flexibility index (Phi) is 5.10. The predicted octanol–water partition coefficient (Wildman–Crippen LogP) is 3.27. The monoisotopic (exact) mass is 360 g/mol. The maximum Gasteiger partial charge on any atom is 0.0758 e. The zero-order valence-electron chi connectivity index (χ0n) is 15.1. The highest BCUT2D eigenvalue weighted by atomic mass is 32.1. The Balaban J connectivity index is 1.24. The second-order valence-electron chi connectivity index (χ2n) is 7.39. The first-order chi connectivity index (χ1) is 12.2. The molecule has 0 amide bonds. The highest BCUT2D eigenvalue weighted by Gasteiger charge is 2.39. The molecule has 136 valence electrons. The van der Waals surface area contributed by atoms with Gasteiger partial charge in [0.15, 0.2) is 0 Å². The van der Waals surface area contributed by atoms with Gasteiger partial charge < -0.3 is 15.4 Å². The summed E-state index contributed by atoms with van der Waals surface area (Å²) in [7, 11) is 1.98. The van der Waals surface area contributed by atoms with E-state index < -0.39 is 0 Å². The van der Waals surface area contributed by atoms with Crippen LogP contribution in [-0.2, 0) is 18.3 Å². The molecule has 5 nitrogen and oxygen atoms in total. The molecule has 0 unspecified atom stereocenters. The molecule has 0 aromatic carbocycles. The van der Waals surface area contributed by atoms with Crippen molar-refractivity contribution in [1.82, 2.24) is 15.1 Å². The molecule has 1 aliphatic heterocycles. The average molecular weight is 361 g/mol. The summed E-state index contributed by atoms with van der Waals surface area (Å²) in [5.74, 6) is 1.53. The van der Waals surface area contributed by atoms with Crippen molar-refractivity contribution in [1.29, 1.82) is 0 Å². The molecule has 2 atom stereocenters. The summed E-state index contributed by atoms with van der Waals surface area (Å²) in [6.07, 6.45) is 5.62. The maximum atomic E-state index is 5.44. The summed E-state index contributed by atoms with van der Waals surface area (Å²) in [5, 5.41) is 13.8. The minimum absolute atomic E-state index is 0.683. The molecule has 0 spiro atoms. The zero-order chi connectivity index (χ0) is 17.2. The Morgan fingerprint density at radius 1 is 1.36 bits per heavy atom. The van der Waals surface area contributed by atoms with Crippen LogP contribution in [0.3, 0.4) is 0 Å². The Morgan fingerprint density at radius 3 is 2.96 bits per heavy atom. The van der Waals surface area contributed by atoms with E-state index in [1.54, 1.807) is 0 Å². The number of aryl methyl sites for hydroxylation is 1. The molecule has 2 N–H and O–H groups in total. The normalized spacial score (nSPS) is 23.8. The Bertz CT molecular complexity index is 704. The van der Waals surface area contributed by atoms with Crippen LogP contribution < -0.4 is 10.6 Å². The van der Waals surface area contributed by atoms with Gasteiger partial charge in [-0.2, -0.15) is 5.10 Å². The molecule has 1 saturated heterocycles. The van der Waals surface area contributed by atoms with Crippen LogP contribution in [0.4, 0.5) is 5.69 Å². The highest BCUT2D eigenvalue weighted by Crippen LogP contribution is 2.43. The van der Waals surface area contributed by atoms with Gasteiger partial charge in [-0.3, -0.25) is 4.68 Å². The molecule has 4 rings (SSSR count). The molecular formula is C19H28N4OS. The summed E-state index contributed by atoms with van der Waals surface area (Å²) >= 11 is 1.91. The number of nitrogens with zero attached hydrogens (tertiary/aromatic N) is 2. The lowest BCUT2D eigenvalue weighted by atomic mass is 10.0. The maximum absolute atomic E-state index is 5.44. The lowest BCUT2D eigenvalue weighted by molar-refractivity contribution is 0.0662. The topological polar surface area (TPSA) is 51.1 Å². The molecule has 25 heavy (non-hydrogen) atoms. The fourth-order valence-corrected chi connectivity index (χ4v) is 4.65. The SMILES string of the molecule is Cc1c(NCc2csc([C@@H]3C[C@H]3NCC3CCOCC3)c2)cnn1C. The van der Waals surface area contributed by atoms with Crippen molar-refractivity contribution in [2.75, 3.05) is 25.1 Å². The van der Waals surface area contributed by atoms with Gasteiger partial charge in [-0.1, -0.05) is 0 Å². The molecule has 3 heterocycles. The van der Waals surface area contributed by atoms with E-state index in [2.05, 4.69) is 34.1 Å². The molecule has 2 aromatic rings. The number of anilines is 1. The van der Waals surface area contributed by atoms with E-state index in [1.807, 2.05) is 29.3 Å². The van der Waals surface area contributed by atoms with Crippen molar-refractivity contribution in [3.8, 4) is 0 Å². The molecule has 0 bridgehead atoms. The van der Waals surface area contributed by atoms with Crippen LogP contribution in [0.15, 0.2) is 17.6 Å². The van der Waals surface area contributed by atoms with Crippen LogP contribution in [0.5, 0.6) is 0 Å². The van der Waals surface area contributed by atoms with Crippen molar-refractivity contribution < 1.29 is 4.74 Å². The third kappa shape index (κ3) is 4.07. The third-order valence-electron chi connectivity index (χ3n) is 5.56. The van der Waals surface area contributed by atoms with Gasteiger partial charge in [0, 0.05) is 43.6 Å². The van der Waals surface area contributed by atoms with Gasteiger partial charge in [0.05, 0.1) is 17.6 Å². The van der Waals surface area contributed by atoms with E-state index >= 15 is 0 Å². The molecule has 0 radical (unpaired) electrons. The predicted molar refractivity (Wildman–Crippen MR) is 102 cm³/mol. The van der Waals surface area contributed by atoms with Gasteiger partial charge in [0.2, 0.25) is 0 Å². The largest absolute Gasteiger partial charge is 0.381 e. The summed E-state index contributed by atoms with van der Waals surface area (Å²) in [6, 6.07) is 3.06. The average Bonchev–Trinajstić information content (AvgIpc) is 3.14. The molecular weight excluding hydrogens is 332 g/mol. The fourth-order valence-electron chi connectivity index (χ4n) is 3.55. The number of hydrogen-bond donors (Lipinski definition) is 2. The Hall–Kier alpha value is -1.37. The van der Waals surface area contributed by atoms with Gasteiger partial charge in [-0.05, 0) is 55.7 Å². The van der Waals surface area contributed by atoms with Crippen molar-refractivity contribution in [3.05, 3.63) is 33.8 Å². The van der Waals surface area contributed by atoms with Gasteiger partial charge in [0.25, 0.3) is 0 Å². The number of thiophene rings is 1. The van der Waals surface area contributed by atoms with Crippen LogP contribution >= 0.6 is 11.3 Å². The standard InChI is InChI=1S/C19H28N4OS/c1-13-18(11-22-23(13)2)21-10-15-7-19(25-12-15)16-8-17(16)20-9-14-3-5-24-6-4-14/h7,11-12,14,16-17,20-21H,3-6,8-10H2,1-2H3/t16-,17-/m1/s1. The first kappa shape index (κ1) is 17.1. The van der Waals surface area contributed by atoms with Crippen molar-refractivity contribution >= 4 is 17.0 Å². The molecule has 2 aromatic heterocycles. The van der Waals surface area contributed by atoms with Gasteiger partial charge >= 0.3 is 0 Å². The smallest absolute Gasteiger partial charge is 0.0758 e. The Labute approximate surface area is 153 Å². The van der Waals surface area contributed by atoms with Gasteiger partial charge in [0.1, 0.15) is 0 Å². The molecule has 2 fully saturated rings. The van der Waals surface area contributed by atoms with Crippen LogP contribution in [0.1, 0.15) is 41.3 Å². The first-order valence-electron chi connectivity index (χ1n) is 9.31. The van der Waals surface area contributed by atoms with Gasteiger partial charge in [-0.25, -0.2) is 0 Å². The second-order valence-corrected chi connectivity index (χ2v) is 8.33. The minimum atomic E-state index is 0.683. The number of hydrogen-bond acceptors (Lipinski definition) is 5. The van der Waals surface area contributed by atoms with Crippen LogP contribution in [0, 0.1) is 12.8 Å². The Morgan fingerprint density at radius 2 is 2.20 bits per heavy atom. The summed E-state index contributed by atoms with van der Waals surface area (Å²) in [5.41, 5.74) is 3.67. The first-order valence-corrected chi connectivity index (χ1v) is 10.2. The van der Waals surface area contributed by atoms with Crippen molar-refractivity contribution in [3.63, 3.8) is 0 Å². The zero-order valence-corrected chi connectivity index (χ0v) is 15.9. The summed E-state index contributed by atoms with van der Waals surface area (Å²) in [6.45, 7) is 6.00. The van der Waals surface area contributed by atoms with Gasteiger partial charge in [-0.15, -0.1) is 11.3 Å². The molecule has 1 saturated carbocycles. The van der Waals surface area contributed by atoms with E-state index in [1.165, 1.54) is 35.4 Å². The van der Waals surface area contributed by atoms with E-state index in [0.717, 1.165) is 43.8 Å². The van der Waals surface area contributed by atoms with Crippen molar-refractivity contribution in [2.24, 2.45) is 13.0 Å². The lowest BCUT2D eigenvalue weighted by Crippen LogP contribution is -2.29. The number of nitrogens with one attached hydrogen (secondary N) is 2. The van der Waals surface area contributed by atoms with Crippen LogP contribution in [0.2, 0.25) is 0 Å². The van der Waals surface area contributed by atoms with Crippen LogP contribution in [-0.4, -0.2) is 35.6 Å². The molecule has 6 heteroatoms. The van der Waals surface area contributed by atoms with E-state index in [9.17, 15) is 0 Å². The lowest BCUT2D eigenvalue weighted by Gasteiger charge is -2.22. The van der Waals surface area contributed by atoms with E-state index in [-0.39, 0.29) is 0 Å². The summed E-state index contributed by atoms with van der Waals surface area (Å²) < 4.78 is 7.34. The number of aromatic nitrogens is 2. The van der Waals surface area contributed by atoms with Crippen molar-refractivity contribution in [2.45, 2.75) is 44.7 Å². The quantitative estimate of drug-likeness (QED) is 0.796.